The van der Waals surface area contributed by atoms with E-state index in [9.17, 15) is 0 Å². The van der Waals surface area contributed by atoms with Gasteiger partial charge in [-0.25, -0.2) is 0 Å². The number of aromatic nitrogens is 1. The van der Waals surface area contributed by atoms with Gasteiger partial charge in [0.25, 0.3) is 0 Å². The number of aromatic amines is 1. The zero-order chi connectivity index (χ0) is 13.1. The molecule has 0 aliphatic carbocycles. The first-order valence-electron chi connectivity index (χ1n) is 6.67. The van der Waals surface area contributed by atoms with Crippen LogP contribution in [0.1, 0.15) is 24.1 Å². The lowest BCUT2D eigenvalue weighted by Gasteiger charge is -2.14. The molecule has 0 aliphatic heterocycles. The van der Waals surface area contributed by atoms with Gasteiger partial charge in [-0.15, -0.1) is 0 Å². The first-order valence-corrected chi connectivity index (χ1v) is 6.67. The van der Waals surface area contributed by atoms with Crippen molar-refractivity contribution in [3.05, 3.63) is 72.1 Å². The highest BCUT2D eigenvalue weighted by Gasteiger charge is 2.05. The molecule has 2 aromatic carbocycles. The molecule has 3 rings (SSSR count). The highest BCUT2D eigenvalue weighted by Crippen LogP contribution is 2.20. The predicted octanol–water partition coefficient (Wildman–Crippen LogP) is 4.02. The molecule has 1 atom stereocenters. The molecule has 0 spiro atoms. The summed E-state index contributed by atoms with van der Waals surface area (Å²) in [5, 5.41) is 6.14. The van der Waals surface area contributed by atoms with Gasteiger partial charge >= 0.3 is 0 Å². The Morgan fingerprint density at radius 3 is 2.68 bits per heavy atom. The molecule has 2 nitrogen and oxygen atoms in total. The first kappa shape index (κ1) is 12.0. The van der Waals surface area contributed by atoms with Crippen LogP contribution in [0.3, 0.4) is 0 Å². The van der Waals surface area contributed by atoms with E-state index in [-0.39, 0.29) is 0 Å². The Bertz CT molecular complexity index is 656. The van der Waals surface area contributed by atoms with Gasteiger partial charge in [0.15, 0.2) is 0 Å². The molecule has 0 bridgehead atoms. The van der Waals surface area contributed by atoms with Gasteiger partial charge in [0.1, 0.15) is 0 Å². The Morgan fingerprint density at radius 2 is 1.89 bits per heavy atom. The van der Waals surface area contributed by atoms with Crippen LogP contribution in [0.25, 0.3) is 10.8 Å². The average Bonchev–Trinajstić information content (AvgIpc) is 2.97. The van der Waals surface area contributed by atoms with Crippen LogP contribution in [0.5, 0.6) is 0 Å². The van der Waals surface area contributed by atoms with Crippen LogP contribution in [-0.2, 0) is 6.54 Å². The molecule has 0 radical (unpaired) electrons. The van der Waals surface area contributed by atoms with Crippen LogP contribution in [0.2, 0.25) is 0 Å². The minimum atomic E-state index is 0.347. The summed E-state index contributed by atoms with van der Waals surface area (Å²) in [5.41, 5.74) is 2.61. The van der Waals surface area contributed by atoms with Crippen LogP contribution in [0.4, 0.5) is 0 Å². The zero-order valence-electron chi connectivity index (χ0n) is 11.1. The van der Waals surface area contributed by atoms with Gasteiger partial charge in [-0.05, 0) is 41.0 Å². The summed E-state index contributed by atoms with van der Waals surface area (Å²) in [5.74, 6) is 0. The highest BCUT2D eigenvalue weighted by atomic mass is 14.9. The van der Waals surface area contributed by atoms with Gasteiger partial charge in [-0.1, -0.05) is 36.4 Å². The molecular formula is C17H18N2. The normalized spacial score (nSPS) is 12.7. The van der Waals surface area contributed by atoms with E-state index in [2.05, 4.69) is 65.8 Å². The molecule has 2 heteroatoms. The molecule has 0 amide bonds. The number of nitrogens with one attached hydrogen (secondary N) is 2. The summed E-state index contributed by atoms with van der Waals surface area (Å²) < 4.78 is 0. The first-order chi connectivity index (χ1) is 9.33. The van der Waals surface area contributed by atoms with Gasteiger partial charge < -0.3 is 10.3 Å². The molecule has 0 saturated heterocycles. The van der Waals surface area contributed by atoms with Gasteiger partial charge in [0.2, 0.25) is 0 Å². The fraction of sp³-hybridized carbons (Fsp3) is 0.176. The van der Waals surface area contributed by atoms with E-state index in [0.29, 0.717) is 6.04 Å². The maximum atomic E-state index is 3.55. The third-order valence-electron chi connectivity index (χ3n) is 3.55. The van der Waals surface area contributed by atoms with Crippen LogP contribution < -0.4 is 5.32 Å². The standard InChI is InChI=1S/C17H18N2/c1-13(19-12-14-8-9-18-11-14)16-7-6-15-4-2-3-5-17(15)10-16/h2-11,13,18-19H,12H2,1H3/t13-/m1/s1. The Morgan fingerprint density at radius 1 is 1.05 bits per heavy atom. The SMILES string of the molecule is C[C@@H](NCc1cc[nH]c1)c1ccc2ccccc2c1. The van der Waals surface area contributed by atoms with Crippen molar-refractivity contribution >= 4 is 10.8 Å². The molecule has 0 fully saturated rings. The van der Waals surface area contributed by atoms with Crippen molar-refractivity contribution in [1.29, 1.82) is 0 Å². The van der Waals surface area contributed by atoms with E-state index < -0.39 is 0 Å². The maximum Gasteiger partial charge on any atom is 0.0295 e. The van der Waals surface area contributed by atoms with Crippen LogP contribution in [0, 0.1) is 0 Å². The lowest BCUT2D eigenvalue weighted by molar-refractivity contribution is 0.575. The second-order valence-electron chi connectivity index (χ2n) is 4.93. The maximum absolute atomic E-state index is 3.55. The summed E-state index contributed by atoms with van der Waals surface area (Å²) in [6.07, 6.45) is 3.98. The molecule has 0 unspecified atom stereocenters. The summed E-state index contributed by atoms with van der Waals surface area (Å²) in [6, 6.07) is 17.6. The van der Waals surface area contributed by atoms with E-state index in [4.69, 9.17) is 0 Å². The quantitative estimate of drug-likeness (QED) is 0.719. The number of fused-ring (bicyclic) bond motifs is 1. The predicted molar refractivity (Wildman–Crippen MR) is 80.0 cm³/mol. The third kappa shape index (κ3) is 2.69. The molecular weight excluding hydrogens is 232 g/mol. The molecule has 96 valence electrons. The molecule has 19 heavy (non-hydrogen) atoms. The molecule has 0 saturated carbocycles. The topological polar surface area (TPSA) is 27.8 Å². The lowest BCUT2D eigenvalue weighted by atomic mass is 10.0. The van der Waals surface area contributed by atoms with Crippen LogP contribution >= 0.6 is 0 Å². The zero-order valence-corrected chi connectivity index (χ0v) is 11.1. The van der Waals surface area contributed by atoms with E-state index >= 15 is 0 Å². The van der Waals surface area contributed by atoms with Crippen molar-refractivity contribution in [3.8, 4) is 0 Å². The fourth-order valence-electron chi connectivity index (χ4n) is 2.33. The second-order valence-corrected chi connectivity index (χ2v) is 4.93. The van der Waals surface area contributed by atoms with E-state index in [1.165, 1.54) is 21.9 Å². The van der Waals surface area contributed by atoms with Gasteiger partial charge in [0, 0.05) is 25.0 Å². The number of benzene rings is 2. The van der Waals surface area contributed by atoms with Crippen LogP contribution in [0.15, 0.2) is 60.9 Å². The molecule has 1 heterocycles. The van der Waals surface area contributed by atoms with E-state index in [1.807, 2.05) is 12.4 Å². The van der Waals surface area contributed by atoms with Crippen molar-refractivity contribution < 1.29 is 0 Å². The number of hydrogen-bond donors (Lipinski definition) is 2. The fourth-order valence-corrected chi connectivity index (χ4v) is 2.33. The largest absolute Gasteiger partial charge is 0.367 e. The minimum absolute atomic E-state index is 0.347. The van der Waals surface area contributed by atoms with Crippen molar-refractivity contribution in [2.24, 2.45) is 0 Å². The molecule has 0 aliphatic rings. The Kier molecular flexibility index (Phi) is 3.34. The number of H-pyrrole nitrogens is 1. The highest BCUT2D eigenvalue weighted by molar-refractivity contribution is 5.83. The van der Waals surface area contributed by atoms with E-state index in [0.717, 1.165) is 6.54 Å². The minimum Gasteiger partial charge on any atom is -0.367 e. The summed E-state index contributed by atoms with van der Waals surface area (Å²) in [4.78, 5) is 3.08. The summed E-state index contributed by atoms with van der Waals surface area (Å²) in [7, 11) is 0. The Balaban J connectivity index is 1.75. The third-order valence-corrected chi connectivity index (χ3v) is 3.55. The Hall–Kier alpha value is -2.06. The average molecular weight is 250 g/mol. The second kappa shape index (κ2) is 5.29. The van der Waals surface area contributed by atoms with Crippen molar-refractivity contribution in [1.82, 2.24) is 10.3 Å². The van der Waals surface area contributed by atoms with Gasteiger partial charge in [-0.2, -0.15) is 0 Å². The van der Waals surface area contributed by atoms with Crippen molar-refractivity contribution in [2.45, 2.75) is 19.5 Å². The van der Waals surface area contributed by atoms with E-state index in [1.54, 1.807) is 0 Å². The molecule has 3 aromatic rings. The van der Waals surface area contributed by atoms with Crippen molar-refractivity contribution in [3.63, 3.8) is 0 Å². The smallest absolute Gasteiger partial charge is 0.0295 e. The van der Waals surface area contributed by atoms with Crippen molar-refractivity contribution in [2.75, 3.05) is 0 Å². The molecule has 1 aromatic heterocycles. The summed E-state index contributed by atoms with van der Waals surface area (Å²) >= 11 is 0. The van der Waals surface area contributed by atoms with Gasteiger partial charge in [-0.3, -0.25) is 0 Å². The number of hydrogen-bond acceptors (Lipinski definition) is 1. The monoisotopic (exact) mass is 250 g/mol. The Labute approximate surface area is 113 Å². The van der Waals surface area contributed by atoms with Crippen LogP contribution in [-0.4, -0.2) is 4.98 Å². The number of rotatable bonds is 4. The molecule has 2 N–H and O–H groups in total. The summed E-state index contributed by atoms with van der Waals surface area (Å²) in [6.45, 7) is 3.09. The van der Waals surface area contributed by atoms with Gasteiger partial charge in [0.05, 0.1) is 0 Å². The lowest BCUT2D eigenvalue weighted by Crippen LogP contribution is -2.17.